The molecule has 0 aromatic rings. The summed E-state index contributed by atoms with van der Waals surface area (Å²) in [6.07, 6.45) is 1.65. The van der Waals surface area contributed by atoms with E-state index >= 15 is 0 Å². The van der Waals surface area contributed by atoms with Crippen LogP contribution in [-0.2, 0) is 38.0 Å². The van der Waals surface area contributed by atoms with E-state index in [1.807, 2.05) is 0 Å². The third-order valence-corrected chi connectivity index (χ3v) is 8.78. The summed E-state index contributed by atoms with van der Waals surface area (Å²) in [6, 6.07) is 0. The summed E-state index contributed by atoms with van der Waals surface area (Å²) in [5, 5.41) is 53.1. The third-order valence-electron chi connectivity index (χ3n) is 8.78. The Labute approximate surface area is 266 Å². The average Bonchev–Trinajstić information content (AvgIpc) is 3.01. The van der Waals surface area contributed by atoms with Gasteiger partial charge in [-0.1, -0.05) is 83.5 Å². The van der Waals surface area contributed by atoms with Crippen LogP contribution >= 0.6 is 0 Å². The molecule has 4 saturated heterocycles. The maximum Gasteiger partial charge on any atom is 0.306 e. The van der Waals surface area contributed by atoms with Gasteiger partial charge < -0.3 is 54.0 Å². The Hall–Kier alpha value is -1.42. The number of hydrogen-bond donors (Lipinski definition) is 5. The largest absolute Gasteiger partial charge is 0.463 e. The molecule has 4 aliphatic heterocycles. The van der Waals surface area contributed by atoms with Gasteiger partial charge in [-0.2, -0.15) is 0 Å². The molecule has 2 bridgehead atoms. The summed E-state index contributed by atoms with van der Waals surface area (Å²) in [7, 11) is 0. The van der Waals surface area contributed by atoms with Gasteiger partial charge in [-0.3, -0.25) is 9.59 Å². The van der Waals surface area contributed by atoms with E-state index in [1.54, 1.807) is 0 Å². The van der Waals surface area contributed by atoms with Crippen LogP contribution in [0, 0.1) is 0 Å². The molecular weight excluding hydrogens is 592 g/mol. The Bertz CT molecular complexity index is 844. The number of fused-ring (bicyclic) bond motifs is 21. The van der Waals surface area contributed by atoms with E-state index in [0.717, 1.165) is 38.5 Å². The number of ether oxygens (including phenoxy) is 6. The van der Waals surface area contributed by atoms with E-state index in [1.165, 1.54) is 51.9 Å². The van der Waals surface area contributed by atoms with Gasteiger partial charge in [0.25, 0.3) is 0 Å². The standard InChI is InChI=1S/C32H56O13/c1-21(34)41-20-23-29-27(38)28(39)31(43-23)45-30-26(37)25(36)22(19-33)42-32(30)40-18-16-14-12-10-8-6-4-2-3-5-7-9-11-13-15-17-24(35)44-29/h22-23,25-33,36-39H,2-20H2,1H3/t22-,23-,25-,26+,27-,28-,29-,30-,31+,32-/m1/s1. The van der Waals surface area contributed by atoms with E-state index in [9.17, 15) is 35.1 Å². The smallest absolute Gasteiger partial charge is 0.306 e. The maximum atomic E-state index is 12.7. The second kappa shape index (κ2) is 20.7. The van der Waals surface area contributed by atoms with E-state index < -0.39 is 86.6 Å². The van der Waals surface area contributed by atoms with E-state index in [4.69, 9.17) is 28.4 Å². The molecule has 262 valence electrons. The molecule has 0 aromatic carbocycles. The highest BCUT2D eigenvalue weighted by atomic mass is 16.8. The van der Waals surface area contributed by atoms with Crippen molar-refractivity contribution in [2.75, 3.05) is 19.8 Å². The van der Waals surface area contributed by atoms with Crippen LogP contribution in [0.15, 0.2) is 0 Å². The number of carbonyl (C=O) groups is 2. The molecule has 4 fully saturated rings. The minimum absolute atomic E-state index is 0.119. The van der Waals surface area contributed by atoms with Gasteiger partial charge in [0.15, 0.2) is 18.7 Å². The van der Waals surface area contributed by atoms with Gasteiger partial charge >= 0.3 is 11.9 Å². The van der Waals surface area contributed by atoms with Crippen LogP contribution in [0.3, 0.4) is 0 Å². The van der Waals surface area contributed by atoms with Crippen molar-refractivity contribution in [3.63, 3.8) is 0 Å². The Balaban J connectivity index is 1.72. The topological polar surface area (TPSA) is 191 Å². The second-order valence-corrected chi connectivity index (χ2v) is 12.5. The fraction of sp³-hybridized carbons (Fsp3) is 0.938. The first-order valence-electron chi connectivity index (χ1n) is 17.0. The van der Waals surface area contributed by atoms with Crippen LogP contribution in [0.5, 0.6) is 0 Å². The van der Waals surface area contributed by atoms with Gasteiger partial charge in [0.05, 0.1) is 6.61 Å². The van der Waals surface area contributed by atoms with Crippen molar-refractivity contribution in [2.45, 2.75) is 171 Å². The highest BCUT2D eigenvalue weighted by Gasteiger charge is 2.52. The fourth-order valence-corrected chi connectivity index (χ4v) is 6.07. The SMILES string of the molecule is CC(=O)OC[C@H]1O[C@H]2O[C@H]3[C@H](OCCCCCCCCCCCCCCCCCC(=O)O[C@H]1[C@H](O)[C@H]2O)O[C@H](CO)[C@@H](O)[C@@H]3O. The van der Waals surface area contributed by atoms with Crippen LogP contribution in [0.1, 0.15) is 110 Å². The van der Waals surface area contributed by atoms with Crippen molar-refractivity contribution >= 4 is 11.9 Å². The zero-order valence-electron chi connectivity index (χ0n) is 26.7. The van der Waals surface area contributed by atoms with Gasteiger partial charge in [0, 0.05) is 20.0 Å². The lowest BCUT2D eigenvalue weighted by Gasteiger charge is -2.46. The molecule has 10 atom stereocenters. The molecule has 0 spiro atoms. The zero-order chi connectivity index (χ0) is 32.6. The Morgan fingerprint density at radius 2 is 1.18 bits per heavy atom. The van der Waals surface area contributed by atoms with E-state index in [-0.39, 0.29) is 13.0 Å². The molecule has 0 amide bonds. The summed E-state index contributed by atoms with van der Waals surface area (Å²) < 4.78 is 33.9. The number of rotatable bonds is 3. The van der Waals surface area contributed by atoms with Gasteiger partial charge in [-0.05, 0) is 12.8 Å². The lowest BCUT2D eigenvalue weighted by atomic mass is 9.97. The summed E-state index contributed by atoms with van der Waals surface area (Å²) in [6.45, 7) is 0.460. The zero-order valence-corrected chi connectivity index (χ0v) is 26.7. The Kier molecular flexibility index (Phi) is 17.5. The summed E-state index contributed by atoms with van der Waals surface area (Å²) in [5.41, 5.74) is 0. The van der Waals surface area contributed by atoms with Crippen molar-refractivity contribution in [3.05, 3.63) is 0 Å². The van der Waals surface area contributed by atoms with Gasteiger partial charge in [-0.15, -0.1) is 0 Å². The molecule has 0 saturated carbocycles. The van der Waals surface area contributed by atoms with Crippen LogP contribution in [0.25, 0.3) is 0 Å². The lowest BCUT2D eigenvalue weighted by molar-refractivity contribution is -0.367. The first-order valence-corrected chi connectivity index (χ1v) is 17.0. The van der Waals surface area contributed by atoms with Gasteiger partial charge in [0.1, 0.15) is 49.3 Å². The van der Waals surface area contributed by atoms with Crippen LogP contribution in [0.4, 0.5) is 0 Å². The van der Waals surface area contributed by atoms with Crippen molar-refractivity contribution < 1.29 is 63.5 Å². The molecule has 4 rings (SSSR count). The van der Waals surface area contributed by atoms with Crippen molar-refractivity contribution in [1.82, 2.24) is 0 Å². The molecule has 5 N–H and O–H groups in total. The number of esters is 2. The predicted molar refractivity (Wildman–Crippen MR) is 160 cm³/mol. The van der Waals surface area contributed by atoms with Crippen LogP contribution in [-0.4, -0.2) is 119 Å². The number of aliphatic hydroxyl groups excluding tert-OH is 5. The van der Waals surface area contributed by atoms with Gasteiger partial charge in [-0.25, -0.2) is 0 Å². The minimum atomic E-state index is -1.75. The van der Waals surface area contributed by atoms with Crippen LogP contribution < -0.4 is 0 Å². The first kappa shape index (κ1) is 38.0. The van der Waals surface area contributed by atoms with Crippen LogP contribution in [0.2, 0.25) is 0 Å². The number of hydrogen-bond acceptors (Lipinski definition) is 13. The third kappa shape index (κ3) is 12.6. The van der Waals surface area contributed by atoms with Crippen molar-refractivity contribution in [3.8, 4) is 0 Å². The lowest BCUT2D eigenvalue weighted by Crippen LogP contribution is -2.65. The minimum Gasteiger partial charge on any atom is -0.463 e. The predicted octanol–water partition coefficient (Wildman–Crippen LogP) is 2.00. The summed E-state index contributed by atoms with van der Waals surface area (Å²) in [5.74, 6) is -1.21. The molecule has 4 aliphatic rings. The molecule has 0 aromatic heterocycles. The quantitative estimate of drug-likeness (QED) is 0.280. The molecule has 45 heavy (non-hydrogen) atoms. The maximum absolute atomic E-state index is 12.7. The molecule has 0 aliphatic carbocycles. The molecule has 4 heterocycles. The van der Waals surface area contributed by atoms with E-state index in [2.05, 4.69) is 0 Å². The summed E-state index contributed by atoms with van der Waals surface area (Å²) >= 11 is 0. The Morgan fingerprint density at radius 1 is 0.667 bits per heavy atom. The van der Waals surface area contributed by atoms with Crippen molar-refractivity contribution in [1.29, 1.82) is 0 Å². The summed E-state index contributed by atoms with van der Waals surface area (Å²) in [4.78, 5) is 24.3. The van der Waals surface area contributed by atoms with Crippen molar-refractivity contribution in [2.24, 2.45) is 0 Å². The van der Waals surface area contributed by atoms with E-state index in [0.29, 0.717) is 12.8 Å². The molecule has 13 heteroatoms. The highest BCUT2D eigenvalue weighted by molar-refractivity contribution is 5.69. The fourth-order valence-electron chi connectivity index (χ4n) is 6.07. The molecule has 13 nitrogen and oxygen atoms in total. The molecular formula is C32H56O13. The van der Waals surface area contributed by atoms with Gasteiger partial charge in [0.2, 0.25) is 0 Å². The Morgan fingerprint density at radius 3 is 1.73 bits per heavy atom. The number of aliphatic hydroxyl groups is 5. The molecule has 0 unspecified atom stereocenters. The monoisotopic (exact) mass is 648 g/mol. The molecule has 0 radical (unpaired) electrons. The number of carbonyl (C=O) groups excluding carboxylic acids is 2. The normalized spacial score (nSPS) is 38.0. The second-order valence-electron chi connectivity index (χ2n) is 12.5. The highest BCUT2D eigenvalue weighted by Crippen LogP contribution is 2.31. The average molecular weight is 649 g/mol. The first-order chi connectivity index (χ1) is 21.7.